The summed E-state index contributed by atoms with van der Waals surface area (Å²) in [5, 5.41) is 16.3. The Hall–Kier alpha value is -2.84. The van der Waals surface area contributed by atoms with Crippen molar-refractivity contribution in [1.29, 1.82) is 0 Å². The Morgan fingerprint density at radius 3 is 2.59 bits per heavy atom. The summed E-state index contributed by atoms with van der Waals surface area (Å²) in [4.78, 5) is 16.6. The van der Waals surface area contributed by atoms with Gasteiger partial charge in [-0.2, -0.15) is 4.39 Å². The molecule has 0 aromatic carbocycles. The maximum Gasteiger partial charge on any atom is 0.214 e. The molecule has 3 aromatic rings. The van der Waals surface area contributed by atoms with Crippen LogP contribution in [0.25, 0.3) is 11.5 Å². The van der Waals surface area contributed by atoms with Crippen LogP contribution in [0.15, 0.2) is 42.6 Å². The summed E-state index contributed by atoms with van der Waals surface area (Å²) < 4.78 is 13.3. The van der Waals surface area contributed by atoms with Crippen LogP contribution in [0.4, 0.5) is 21.7 Å². The van der Waals surface area contributed by atoms with Gasteiger partial charge in [0.05, 0.1) is 5.60 Å². The highest BCUT2D eigenvalue weighted by atomic mass is 35.5. The minimum atomic E-state index is -0.929. The van der Waals surface area contributed by atoms with Gasteiger partial charge in [0, 0.05) is 30.6 Å². The number of aliphatic hydroxyl groups is 1. The zero-order valence-corrected chi connectivity index (χ0v) is 15.5. The lowest BCUT2D eigenvalue weighted by molar-refractivity contribution is 0.0944. The van der Waals surface area contributed by atoms with Crippen LogP contribution in [0.1, 0.15) is 13.8 Å². The lowest BCUT2D eigenvalue weighted by Gasteiger charge is -2.18. The monoisotopic (exact) mass is 388 g/mol. The second-order valence-corrected chi connectivity index (χ2v) is 6.85. The largest absolute Gasteiger partial charge is 0.389 e. The molecule has 0 spiro atoms. The second-order valence-electron chi connectivity index (χ2n) is 6.47. The van der Waals surface area contributed by atoms with E-state index in [1.807, 2.05) is 0 Å². The van der Waals surface area contributed by atoms with E-state index in [0.29, 0.717) is 34.0 Å². The topological polar surface area (TPSA) is 95.8 Å². The Bertz CT molecular complexity index is 947. The van der Waals surface area contributed by atoms with Crippen LogP contribution in [-0.2, 0) is 0 Å². The van der Waals surface area contributed by atoms with E-state index >= 15 is 0 Å². The van der Waals surface area contributed by atoms with E-state index < -0.39 is 11.5 Å². The Labute approximate surface area is 160 Å². The molecule has 0 radical (unpaired) electrons. The van der Waals surface area contributed by atoms with Crippen LogP contribution in [-0.4, -0.2) is 37.2 Å². The van der Waals surface area contributed by atoms with Gasteiger partial charge in [0.1, 0.15) is 22.5 Å². The van der Waals surface area contributed by atoms with Crippen molar-refractivity contribution in [3.05, 3.63) is 53.7 Å². The van der Waals surface area contributed by atoms with Crippen molar-refractivity contribution in [2.45, 2.75) is 19.4 Å². The molecule has 7 nitrogen and oxygen atoms in total. The molecular weight excluding hydrogens is 371 g/mol. The molecule has 0 bridgehead atoms. The zero-order valence-electron chi connectivity index (χ0n) is 14.7. The Kier molecular flexibility index (Phi) is 5.48. The average molecular weight is 389 g/mol. The molecule has 9 heteroatoms. The van der Waals surface area contributed by atoms with Gasteiger partial charge in [-0.15, -0.1) is 0 Å². The maximum atomic E-state index is 13.3. The molecule has 3 heterocycles. The van der Waals surface area contributed by atoms with Crippen molar-refractivity contribution >= 4 is 28.9 Å². The van der Waals surface area contributed by atoms with E-state index in [4.69, 9.17) is 11.6 Å². The lowest BCUT2D eigenvalue weighted by atomic mass is 10.1. The Morgan fingerprint density at radius 2 is 1.89 bits per heavy atom. The molecule has 3 rings (SSSR count). The first kappa shape index (κ1) is 18.9. The van der Waals surface area contributed by atoms with Crippen molar-refractivity contribution in [3.63, 3.8) is 0 Å². The first-order valence-electron chi connectivity index (χ1n) is 8.15. The number of rotatable bonds is 6. The first-order valence-corrected chi connectivity index (χ1v) is 8.53. The molecule has 0 saturated heterocycles. The fraction of sp³-hybridized carbons (Fsp3) is 0.222. The van der Waals surface area contributed by atoms with Crippen LogP contribution in [0, 0.1) is 5.95 Å². The quantitative estimate of drug-likeness (QED) is 0.554. The highest BCUT2D eigenvalue weighted by Crippen LogP contribution is 2.23. The van der Waals surface area contributed by atoms with E-state index in [-0.39, 0.29) is 6.54 Å². The molecule has 0 amide bonds. The Morgan fingerprint density at radius 1 is 1.11 bits per heavy atom. The molecule has 0 atom stereocenters. The highest BCUT2D eigenvalue weighted by Gasteiger charge is 2.14. The van der Waals surface area contributed by atoms with Crippen LogP contribution in [0.2, 0.25) is 5.15 Å². The standard InChI is InChI=1S/C18H18ClFN6O/c1-18(2,27)10-22-15-9-16(23-11-6-7-21-14(20)8-11)26-17(25-15)12-4-3-5-13(19)24-12/h3-9,27H,10H2,1-2H3,(H2,21,22,23,25,26). The molecule has 0 aliphatic carbocycles. The number of aromatic nitrogens is 4. The van der Waals surface area contributed by atoms with Gasteiger partial charge in [0.15, 0.2) is 5.82 Å². The smallest absolute Gasteiger partial charge is 0.214 e. The third kappa shape index (κ3) is 5.57. The molecule has 3 N–H and O–H groups in total. The van der Waals surface area contributed by atoms with Crippen molar-refractivity contribution in [1.82, 2.24) is 19.9 Å². The van der Waals surface area contributed by atoms with Crippen molar-refractivity contribution in [3.8, 4) is 11.5 Å². The SMILES string of the molecule is CC(C)(O)CNc1cc(Nc2ccnc(F)c2)nc(-c2cccc(Cl)n2)n1. The number of nitrogens with one attached hydrogen (secondary N) is 2. The minimum absolute atomic E-state index is 0.274. The number of anilines is 3. The minimum Gasteiger partial charge on any atom is -0.389 e. The number of hydrogen-bond donors (Lipinski definition) is 3. The van der Waals surface area contributed by atoms with Gasteiger partial charge in [0.2, 0.25) is 5.95 Å². The predicted octanol–water partition coefficient (Wildman–Crippen LogP) is 3.65. The van der Waals surface area contributed by atoms with Gasteiger partial charge in [-0.3, -0.25) is 0 Å². The highest BCUT2D eigenvalue weighted by molar-refractivity contribution is 6.29. The molecule has 0 aliphatic heterocycles. The molecule has 140 valence electrons. The van der Waals surface area contributed by atoms with Crippen LogP contribution >= 0.6 is 11.6 Å². The molecular formula is C18H18ClFN6O. The van der Waals surface area contributed by atoms with E-state index in [2.05, 4.69) is 30.6 Å². The van der Waals surface area contributed by atoms with E-state index in [0.717, 1.165) is 0 Å². The number of halogens is 2. The Balaban J connectivity index is 1.97. The molecule has 0 unspecified atom stereocenters. The van der Waals surface area contributed by atoms with Gasteiger partial charge in [-0.25, -0.2) is 19.9 Å². The predicted molar refractivity (Wildman–Crippen MR) is 103 cm³/mol. The normalized spacial score (nSPS) is 11.3. The number of pyridine rings is 2. The lowest BCUT2D eigenvalue weighted by Crippen LogP contribution is -2.29. The number of hydrogen-bond acceptors (Lipinski definition) is 7. The van der Waals surface area contributed by atoms with Crippen molar-refractivity contribution in [2.24, 2.45) is 0 Å². The number of nitrogens with zero attached hydrogens (tertiary/aromatic N) is 4. The van der Waals surface area contributed by atoms with Gasteiger partial charge in [0.25, 0.3) is 0 Å². The molecule has 27 heavy (non-hydrogen) atoms. The van der Waals surface area contributed by atoms with E-state index in [9.17, 15) is 9.50 Å². The summed E-state index contributed by atoms with van der Waals surface area (Å²) >= 11 is 5.96. The zero-order chi connectivity index (χ0) is 19.4. The van der Waals surface area contributed by atoms with Gasteiger partial charge in [-0.1, -0.05) is 17.7 Å². The fourth-order valence-corrected chi connectivity index (χ4v) is 2.35. The summed E-state index contributed by atoms with van der Waals surface area (Å²) in [5.74, 6) is 0.619. The summed E-state index contributed by atoms with van der Waals surface area (Å²) in [5.41, 5.74) is 0.0411. The van der Waals surface area contributed by atoms with Crippen LogP contribution in [0.3, 0.4) is 0 Å². The molecule has 0 aliphatic rings. The summed E-state index contributed by atoms with van der Waals surface area (Å²) in [6.07, 6.45) is 1.35. The van der Waals surface area contributed by atoms with E-state index in [1.54, 1.807) is 44.2 Å². The van der Waals surface area contributed by atoms with Crippen LogP contribution < -0.4 is 10.6 Å². The maximum absolute atomic E-state index is 13.3. The van der Waals surface area contributed by atoms with Gasteiger partial charge in [-0.05, 0) is 32.0 Å². The summed E-state index contributed by atoms with van der Waals surface area (Å²) in [6.45, 7) is 3.63. The van der Waals surface area contributed by atoms with Gasteiger partial charge < -0.3 is 15.7 Å². The van der Waals surface area contributed by atoms with Crippen LogP contribution in [0.5, 0.6) is 0 Å². The third-order valence-corrected chi connectivity index (χ3v) is 3.58. The summed E-state index contributed by atoms with van der Waals surface area (Å²) in [7, 11) is 0. The second kappa shape index (κ2) is 7.81. The average Bonchev–Trinajstić information content (AvgIpc) is 2.59. The van der Waals surface area contributed by atoms with E-state index in [1.165, 1.54) is 12.3 Å². The third-order valence-electron chi connectivity index (χ3n) is 3.37. The van der Waals surface area contributed by atoms with Gasteiger partial charge >= 0.3 is 0 Å². The molecule has 0 saturated carbocycles. The fourth-order valence-electron chi connectivity index (χ4n) is 2.18. The van der Waals surface area contributed by atoms with Crippen molar-refractivity contribution in [2.75, 3.05) is 17.2 Å². The molecule has 0 fully saturated rings. The summed E-state index contributed by atoms with van der Waals surface area (Å²) in [6, 6.07) is 9.65. The molecule has 3 aromatic heterocycles. The first-order chi connectivity index (χ1) is 12.8. The van der Waals surface area contributed by atoms with Crippen molar-refractivity contribution < 1.29 is 9.50 Å².